The average molecular weight is 492 g/mol. The van der Waals surface area contributed by atoms with E-state index < -0.39 is 17.0 Å². The van der Waals surface area contributed by atoms with E-state index in [-0.39, 0.29) is 16.5 Å². The van der Waals surface area contributed by atoms with Crippen LogP contribution in [0.25, 0.3) is 0 Å². The van der Waals surface area contributed by atoms with E-state index in [1.807, 2.05) is 37.3 Å². The number of carbonyl (C=O) groups is 2. The van der Waals surface area contributed by atoms with Crippen molar-refractivity contribution in [2.24, 2.45) is 0 Å². The summed E-state index contributed by atoms with van der Waals surface area (Å²) in [7, 11) is 0. The van der Waals surface area contributed by atoms with Gasteiger partial charge in [-0.15, -0.1) is 0 Å². The first-order chi connectivity index (χ1) is 16.4. The third-order valence-electron chi connectivity index (χ3n) is 5.23. The van der Waals surface area contributed by atoms with Crippen molar-refractivity contribution in [2.45, 2.75) is 18.6 Å². The minimum Gasteiger partial charge on any atom is -0.321 e. The van der Waals surface area contributed by atoms with Crippen molar-refractivity contribution in [1.82, 2.24) is 0 Å². The molecule has 1 atom stereocenters. The zero-order valence-electron chi connectivity index (χ0n) is 18.1. The van der Waals surface area contributed by atoms with Crippen molar-refractivity contribution in [3.8, 4) is 6.07 Å². The number of benzene rings is 3. The molecule has 3 aromatic carbocycles. The number of nitrogens with one attached hydrogen (secondary N) is 1. The molecule has 1 saturated heterocycles. The van der Waals surface area contributed by atoms with Gasteiger partial charge in [-0.1, -0.05) is 53.2 Å². The molecule has 8 heteroatoms. The minimum absolute atomic E-state index is 0.193. The maximum atomic E-state index is 13.5. The number of carbonyl (C=O) groups excluding carboxylic acids is 2. The second-order valence-corrected chi connectivity index (χ2v) is 9.33. The molecule has 0 spiro atoms. The van der Waals surface area contributed by atoms with Crippen molar-refractivity contribution < 1.29 is 14.0 Å². The van der Waals surface area contributed by atoms with Crippen LogP contribution in [0.5, 0.6) is 0 Å². The van der Waals surface area contributed by atoms with Crippen molar-refractivity contribution in [3.63, 3.8) is 0 Å². The third kappa shape index (κ3) is 5.14. The van der Waals surface area contributed by atoms with Gasteiger partial charge >= 0.3 is 0 Å². The Morgan fingerprint density at radius 3 is 2.35 bits per heavy atom. The summed E-state index contributed by atoms with van der Waals surface area (Å²) >= 11 is 7.11. The summed E-state index contributed by atoms with van der Waals surface area (Å²) in [6.45, 7) is 1.93. The zero-order chi connectivity index (χ0) is 24.2. The predicted molar refractivity (Wildman–Crippen MR) is 133 cm³/mol. The largest absolute Gasteiger partial charge is 0.321 e. The third-order valence-corrected chi connectivity index (χ3v) is 6.75. The van der Waals surface area contributed by atoms with Crippen molar-refractivity contribution >= 4 is 46.6 Å². The molecule has 0 bridgehead atoms. The Hall–Kier alpha value is -3.60. The molecule has 2 amide bonds. The van der Waals surface area contributed by atoms with Crippen LogP contribution in [0.2, 0.25) is 5.02 Å². The number of halogens is 2. The fourth-order valence-corrected chi connectivity index (χ4v) is 4.91. The van der Waals surface area contributed by atoms with Crippen LogP contribution in [-0.4, -0.2) is 17.1 Å². The van der Waals surface area contributed by atoms with Gasteiger partial charge in [-0.3, -0.25) is 14.5 Å². The molecule has 0 saturated carbocycles. The summed E-state index contributed by atoms with van der Waals surface area (Å²) in [5.41, 5.74) is 2.63. The van der Waals surface area contributed by atoms with Crippen LogP contribution in [0.3, 0.4) is 0 Å². The molecule has 1 aliphatic heterocycles. The number of hydrogen-bond acceptors (Lipinski definition) is 4. The Bertz CT molecular complexity index is 1300. The standard InChI is InChI=1S/C26H19ClFN3O2S/c1-16-2-10-20(11-3-16)30-24(32)22(15-29)26-31(21-12-8-19(28)9-13-21)25(33)23(34-26)14-17-4-6-18(27)7-5-17/h2-13,23H,14H2,1H3,(H,30,32)/b26-22-/t23-/m0/s1. The second kappa shape index (κ2) is 10.1. The first-order valence-corrected chi connectivity index (χ1v) is 11.6. The summed E-state index contributed by atoms with van der Waals surface area (Å²) in [6.07, 6.45) is 0.375. The Morgan fingerprint density at radius 2 is 1.74 bits per heavy atom. The minimum atomic E-state index is -0.624. The number of rotatable bonds is 5. The lowest BCUT2D eigenvalue weighted by molar-refractivity contribution is -0.117. The average Bonchev–Trinajstić information content (AvgIpc) is 3.13. The van der Waals surface area contributed by atoms with Gasteiger partial charge in [0.25, 0.3) is 5.91 Å². The van der Waals surface area contributed by atoms with E-state index in [2.05, 4.69) is 5.32 Å². The van der Waals surface area contributed by atoms with Crippen LogP contribution in [0.4, 0.5) is 15.8 Å². The Labute approximate surface area is 205 Å². The molecule has 5 nitrogen and oxygen atoms in total. The van der Waals surface area contributed by atoms with Crippen molar-refractivity contribution in [2.75, 3.05) is 10.2 Å². The zero-order valence-corrected chi connectivity index (χ0v) is 19.7. The molecule has 34 heavy (non-hydrogen) atoms. The van der Waals surface area contributed by atoms with Crippen LogP contribution in [0, 0.1) is 24.1 Å². The molecule has 170 valence electrons. The van der Waals surface area contributed by atoms with Crippen LogP contribution in [0.1, 0.15) is 11.1 Å². The molecule has 0 unspecified atom stereocenters. The van der Waals surface area contributed by atoms with Gasteiger partial charge in [0.1, 0.15) is 22.5 Å². The molecular formula is C26H19ClFN3O2S. The van der Waals surface area contributed by atoms with E-state index in [0.29, 0.717) is 22.8 Å². The molecule has 1 N–H and O–H groups in total. The fourth-order valence-electron chi connectivity index (χ4n) is 3.48. The highest BCUT2D eigenvalue weighted by atomic mass is 35.5. The molecular weight excluding hydrogens is 473 g/mol. The van der Waals surface area contributed by atoms with E-state index in [4.69, 9.17) is 11.6 Å². The molecule has 0 aromatic heterocycles. The Balaban J connectivity index is 1.71. The van der Waals surface area contributed by atoms with Gasteiger partial charge in [-0.2, -0.15) is 5.26 Å². The van der Waals surface area contributed by atoms with E-state index in [9.17, 15) is 19.2 Å². The van der Waals surface area contributed by atoms with Gasteiger partial charge in [-0.05, 0) is 67.4 Å². The predicted octanol–water partition coefficient (Wildman–Crippen LogP) is 5.85. The molecule has 1 fully saturated rings. The molecule has 0 radical (unpaired) electrons. The SMILES string of the molecule is Cc1ccc(NC(=O)/C(C#N)=C2\S[C@@H](Cc3ccc(Cl)cc3)C(=O)N2c2ccc(F)cc2)cc1. The topological polar surface area (TPSA) is 73.2 Å². The fraction of sp³-hybridized carbons (Fsp3) is 0.115. The number of nitrogens with zero attached hydrogens (tertiary/aromatic N) is 2. The number of thioether (sulfide) groups is 1. The normalized spacial score (nSPS) is 16.8. The maximum absolute atomic E-state index is 13.5. The number of anilines is 2. The number of aryl methyl sites for hydroxylation is 1. The Kier molecular flexibility index (Phi) is 7.01. The van der Waals surface area contributed by atoms with Gasteiger partial charge in [0.05, 0.1) is 5.25 Å². The maximum Gasteiger partial charge on any atom is 0.269 e. The van der Waals surface area contributed by atoms with Gasteiger partial charge in [0.2, 0.25) is 5.91 Å². The van der Waals surface area contributed by atoms with Gasteiger partial charge in [-0.25, -0.2) is 4.39 Å². The molecule has 4 rings (SSSR count). The lowest BCUT2D eigenvalue weighted by atomic mass is 10.1. The van der Waals surface area contributed by atoms with Crippen LogP contribution >= 0.6 is 23.4 Å². The second-order valence-electron chi connectivity index (χ2n) is 7.70. The lowest BCUT2D eigenvalue weighted by Gasteiger charge is -2.18. The molecule has 3 aromatic rings. The van der Waals surface area contributed by atoms with Crippen molar-refractivity contribution in [3.05, 3.63) is 105 Å². The van der Waals surface area contributed by atoms with E-state index >= 15 is 0 Å². The molecule has 1 heterocycles. The number of amides is 2. The summed E-state index contributed by atoms with van der Waals surface area (Å²) in [5, 5.41) is 12.8. The smallest absolute Gasteiger partial charge is 0.269 e. The van der Waals surface area contributed by atoms with Crippen LogP contribution < -0.4 is 10.2 Å². The van der Waals surface area contributed by atoms with Crippen LogP contribution in [0.15, 0.2) is 83.4 Å². The van der Waals surface area contributed by atoms with Gasteiger partial charge in [0, 0.05) is 16.4 Å². The highest BCUT2D eigenvalue weighted by Gasteiger charge is 2.40. The first-order valence-electron chi connectivity index (χ1n) is 10.4. The molecule has 0 aliphatic carbocycles. The van der Waals surface area contributed by atoms with Crippen molar-refractivity contribution in [1.29, 1.82) is 5.26 Å². The highest BCUT2D eigenvalue weighted by molar-refractivity contribution is 8.05. The van der Waals surface area contributed by atoms with E-state index in [0.717, 1.165) is 22.9 Å². The lowest BCUT2D eigenvalue weighted by Crippen LogP contribution is -2.30. The molecule has 1 aliphatic rings. The Morgan fingerprint density at radius 1 is 1.09 bits per heavy atom. The van der Waals surface area contributed by atoms with Crippen LogP contribution in [-0.2, 0) is 16.0 Å². The summed E-state index contributed by atoms with van der Waals surface area (Å²) in [4.78, 5) is 27.8. The number of nitriles is 1. The van der Waals surface area contributed by atoms with E-state index in [1.54, 1.807) is 24.3 Å². The highest BCUT2D eigenvalue weighted by Crippen LogP contribution is 2.42. The quantitative estimate of drug-likeness (QED) is 0.359. The number of hydrogen-bond donors (Lipinski definition) is 1. The van der Waals surface area contributed by atoms with Gasteiger partial charge < -0.3 is 5.32 Å². The summed E-state index contributed by atoms with van der Waals surface area (Å²) < 4.78 is 13.5. The summed E-state index contributed by atoms with van der Waals surface area (Å²) in [5.74, 6) is -1.37. The van der Waals surface area contributed by atoms with Gasteiger partial charge in [0.15, 0.2) is 0 Å². The summed E-state index contributed by atoms with van der Waals surface area (Å²) in [6, 6.07) is 21.6. The first kappa shape index (κ1) is 23.6. The monoisotopic (exact) mass is 491 g/mol. The van der Waals surface area contributed by atoms with E-state index in [1.165, 1.54) is 29.2 Å².